The van der Waals surface area contributed by atoms with Crippen molar-refractivity contribution in [3.05, 3.63) is 80.2 Å². The molecule has 5 rings (SSSR count). The third-order valence-corrected chi connectivity index (χ3v) is 8.79. The van der Waals surface area contributed by atoms with E-state index in [1.54, 1.807) is 12.1 Å². The van der Waals surface area contributed by atoms with E-state index in [1.807, 2.05) is 32.6 Å². The smallest absolute Gasteiger partial charge is 0.416 e. The fourth-order valence-electron chi connectivity index (χ4n) is 6.85. The molecule has 0 bridgehead atoms. The zero-order valence-corrected chi connectivity index (χ0v) is 26.6. The molecule has 2 aromatic rings. The molecule has 47 heavy (non-hydrogen) atoms. The van der Waals surface area contributed by atoms with Crippen LogP contribution < -0.4 is 9.47 Å². The summed E-state index contributed by atoms with van der Waals surface area (Å²) in [5.41, 5.74) is -0.235. The zero-order valence-electron chi connectivity index (χ0n) is 26.6. The first-order chi connectivity index (χ1) is 21.8. The number of hydrogen-bond donors (Lipinski definition) is 1. The maximum Gasteiger partial charge on any atom is 0.416 e. The number of carbonyl (C=O) groups excluding carboxylic acids is 2. The molecule has 0 radical (unpaired) electrons. The number of halogens is 3. The number of carboxylic acid groups (broad SMARTS) is 1. The summed E-state index contributed by atoms with van der Waals surface area (Å²) in [6.07, 6.45) is -3.61. The van der Waals surface area contributed by atoms with E-state index in [2.05, 4.69) is 0 Å². The average Bonchev–Trinajstić information content (AvgIpc) is 2.94. The van der Waals surface area contributed by atoms with E-state index in [-0.39, 0.29) is 48.9 Å². The van der Waals surface area contributed by atoms with Gasteiger partial charge in [0.1, 0.15) is 0 Å². The molecule has 0 unspecified atom stereocenters. The van der Waals surface area contributed by atoms with Gasteiger partial charge in [-0.05, 0) is 53.5 Å². The number of rotatable bonds is 8. The third kappa shape index (κ3) is 6.61. The minimum atomic E-state index is -4.80. The number of allylic oxidation sites excluding steroid dienone is 4. The second kappa shape index (κ2) is 11.8. The van der Waals surface area contributed by atoms with Gasteiger partial charge in [-0.3, -0.25) is 24.5 Å². The molecule has 13 heteroatoms. The van der Waals surface area contributed by atoms with Crippen LogP contribution in [0.5, 0.6) is 17.2 Å². The SMILES string of the molecule is COc1cc(C2C3=C(CC(C)(C)CC3=O)N(CCC(=O)O)C3=C2C(=O)CC(C)(C)C3)ccc1Oc1ccc(C(F)(F)F)cc1[N+](=O)[O-]. The minimum Gasteiger partial charge on any atom is -0.493 e. The van der Waals surface area contributed by atoms with Crippen molar-refractivity contribution >= 4 is 23.2 Å². The lowest BCUT2D eigenvalue weighted by molar-refractivity contribution is -0.385. The predicted molar refractivity (Wildman–Crippen MR) is 163 cm³/mol. The molecule has 1 heterocycles. The van der Waals surface area contributed by atoms with Gasteiger partial charge >= 0.3 is 17.8 Å². The summed E-state index contributed by atoms with van der Waals surface area (Å²) in [5.74, 6) is -2.53. The Balaban J connectivity index is 1.65. The van der Waals surface area contributed by atoms with E-state index in [1.165, 1.54) is 13.2 Å². The number of carboxylic acids is 1. The van der Waals surface area contributed by atoms with Crippen LogP contribution in [0.1, 0.15) is 76.8 Å². The Labute approximate surface area is 269 Å². The maximum atomic E-state index is 13.9. The topological polar surface area (TPSA) is 136 Å². The van der Waals surface area contributed by atoms with Crippen LogP contribution in [-0.2, 0) is 20.6 Å². The molecular formula is C34H35F3N2O8. The van der Waals surface area contributed by atoms with Crippen molar-refractivity contribution in [3.63, 3.8) is 0 Å². The number of nitrogens with zero attached hydrogens (tertiary/aromatic N) is 2. The molecule has 0 saturated carbocycles. The number of ketones is 2. The van der Waals surface area contributed by atoms with Crippen LogP contribution in [0.25, 0.3) is 0 Å². The lowest BCUT2D eigenvalue weighted by atomic mass is 9.63. The average molecular weight is 657 g/mol. The van der Waals surface area contributed by atoms with Crippen LogP contribution >= 0.6 is 0 Å². The van der Waals surface area contributed by atoms with Gasteiger partial charge in [0, 0.05) is 53.9 Å². The summed E-state index contributed by atoms with van der Waals surface area (Å²) in [4.78, 5) is 52.1. The number of nitro benzene ring substituents is 1. The Morgan fingerprint density at radius 3 is 1.98 bits per heavy atom. The van der Waals surface area contributed by atoms with Gasteiger partial charge in [-0.15, -0.1) is 0 Å². The molecule has 250 valence electrons. The molecule has 0 spiro atoms. The normalized spacial score (nSPS) is 19.4. The van der Waals surface area contributed by atoms with E-state index in [0.717, 1.165) is 6.07 Å². The molecule has 10 nitrogen and oxygen atoms in total. The summed E-state index contributed by atoms with van der Waals surface area (Å²) in [7, 11) is 1.32. The van der Waals surface area contributed by atoms with E-state index >= 15 is 0 Å². The molecule has 0 aromatic heterocycles. The van der Waals surface area contributed by atoms with Gasteiger partial charge in [0.2, 0.25) is 5.75 Å². The van der Waals surface area contributed by atoms with E-state index in [0.29, 0.717) is 53.1 Å². The number of Topliss-reactive ketones (excluding diaryl/α,β-unsaturated/α-hetero) is 2. The summed E-state index contributed by atoms with van der Waals surface area (Å²) >= 11 is 0. The number of aliphatic carboxylic acids is 1. The second-order valence-corrected chi connectivity index (χ2v) is 13.8. The molecule has 1 N–H and O–H groups in total. The summed E-state index contributed by atoms with van der Waals surface area (Å²) in [6.45, 7) is 7.96. The van der Waals surface area contributed by atoms with Crippen molar-refractivity contribution in [1.82, 2.24) is 4.90 Å². The van der Waals surface area contributed by atoms with Gasteiger partial charge < -0.3 is 19.5 Å². The van der Waals surface area contributed by atoms with Crippen LogP contribution in [0.4, 0.5) is 18.9 Å². The van der Waals surface area contributed by atoms with Gasteiger partial charge in [-0.2, -0.15) is 13.2 Å². The first-order valence-corrected chi connectivity index (χ1v) is 15.0. The van der Waals surface area contributed by atoms with Crippen LogP contribution in [0.15, 0.2) is 58.9 Å². The van der Waals surface area contributed by atoms with Crippen molar-refractivity contribution in [1.29, 1.82) is 0 Å². The van der Waals surface area contributed by atoms with Gasteiger partial charge in [0.25, 0.3) is 0 Å². The highest BCUT2D eigenvalue weighted by atomic mass is 19.4. The van der Waals surface area contributed by atoms with Crippen LogP contribution in [-0.4, -0.2) is 46.1 Å². The molecule has 3 aliphatic rings. The number of alkyl halides is 3. The first kappa shape index (κ1) is 33.7. The highest BCUT2D eigenvalue weighted by Gasteiger charge is 2.49. The van der Waals surface area contributed by atoms with Crippen molar-refractivity contribution in [2.24, 2.45) is 10.8 Å². The Morgan fingerprint density at radius 2 is 1.49 bits per heavy atom. The maximum absolute atomic E-state index is 13.9. The van der Waals surface area contributed by atoms with E-state index in [4.69, 9.17) is 9.47 Å². The molecule has 0 amide bonds. The Bertz CT molecular complexity index is 1700. The van der Waals surface area contributed by atoms with Gasteiger partial charge in [-0.25, -0.2) is 0 Å². The van der Waals surface area contributed by atoms with E-state index in [9.17, 15) is 42.8 Å². The summed E-state index contributed by atoms with van der Waals surface area (Å²) in [6, 6.07) is 6.51. The fourth-order valence-corrected chi connectivity index (χ4v) is 6.85. The lowest BCUT2D eigenvalue weighted by Gasteiger charge is -2.49. The highest BCUT2D eigenvalue weighted by molar-refractivity contribution is 6.06. The number of ether oxygens (including phenoxy) is 2. The van der Waals surface area contributed by atoms with Gasteiger partial charge in [-0.1, -0.05) is 33.8 Å². The second-order valence-electron chi connectivity index (χ2n) is 13.8. The number of hydrogen-bond acceptors (Lipinski definition) is 8. The lowest BCUT2D eigenvalue weighted by Crippen LogP contribution is -2.45. The van der Waals surface area contributed by atoms with Crippen molar-refractivity contribution in [2.75, 3.05) is 13.7 Å². The molecule has 1 aliphatic heterocycles. The quantitative estimate of drug-likeness (QED) is 0.225. The standard InChI is InChI=1S/C34H35F3N2O8/c1-32(2)14-21-30(23(40)16-32)29(31-22(38(21)11-10-28(42)43)15-33(3,4)17-24(31)41)18-6-8-26(27(12-18)46-5)47-25-9-7-19(34(35,36)37)13-20(25)39(44)45/h6-9,12-13,29H,10-11,14-17H2,1-5H3,(H,42,43). The zero-order chi connectivity index (χ0) is 34.6. The van der Waals surface area contributed by atoms with E-state index < -0.39 is 50.8 Å². The van der Waals surface area contributed by atoms with Crippen molar-refractivity contribution < 1.29 is 47.1 Å². The molecule has 0 atom stereocenters. The first-order valence-electron chi connectivity index (χ1n) is 15.0. The third-order valence-electron chi connectivity index (χ3n) is 8.79. The van der Waals surface area contributed by atoms with Gasteiger partial charge in [0.15, 0.2) is 23.1 Å². The van der Waals surface area contributed by atoms with Crippen molar-refractivity contribution in [2.45, 2.75) is 71.9 Å². The number of carbonyl (C=O) groups is 3. The molecule has 0 saturated heterocycles. The highest BCUT2D eigenvalue weighted by Crippen LogP contribution is 2.55. The number of methoxy groups -OCH3 is 1. The fraction of sp³-hybridized carbons (Fsp3) is 0.441. The largest absolute Gasteiger partial charge is 0.493 e. The van der Waals surface area contributed by atoms with Gasteiger partial charge in [0.05, 0.1) is 24.0 Å². The predicted octanol–water partition coefficient (Wildman–Crippen LogP) is 7.57. The molecule has 2 aliphatic carbocycles. The van der Waals surface area contributed by atoms with Crippen LogP contribution in [0, 0.1) is 20.9 Å². The minimum absolute atomic E-state index is 0.0337. The Kier molecular flexibility index (Phi) is 8.48. The monoisotopic (exact) mass is 656 g/mol. The summed E-state index contributed by atoms with van der Waals surface area (Å²) in [5, 5.41) is 21.2. The molecule has 0 fully saturated rings. The Hall–Kier alpha value is -4.68. The number of benzene rings is 2. The molecular weight excluding hydrogens is 621 g/mol. The number of nitro groups is 1. The Morgan fingerprint density at radius 1 is 0.936 bits per heavy atom. The molecule has 2 aromatic carbocycles. The summed E-state index contributed by atoms with van der Waals surface area (Å²) < 4.78 is 51.0. The van der Waals surface area contributed by atoms with Crippen LogP contribution in [0.2, 0.25) is 0 Å². The van der Waals surface area contributed by atoms with Crippen LogP contribution in [0.3, 0.4) is 0 Å². The van der Waals surface area contributed by atoms with Crippen molar-refractivity contribution in [3.8, 4) is 17.2 Å².